The van der Waals surface area contributed by atoms with E-state index in [1.54, 1.807) is 0 Å². The summed E-state index contributed by atoms with van der Waals surface area (Å²) in [5, 5.41) is 3.81. The van der Waals surface area contributed by atoms with Gasteiger partial charge < -0.3 is 10.2 Å². The number of likely N-dealkylation sites (N-methyl/N-ethyl adjacent to an activating group) is 1. The van der Waals surface area contributed by atoms with Crippen LogP contribution < -0.4 is 5.32 Å². The van der Waals surface area contributed by atoms with Gasteiger partial charge in [0.25, 0.3) is 0 Å². The van der Waals surface area contributed by atoms with E-state index in [1.807, 2.05) is 0 Å². The Labute approximate surface area is 131 Å². The minimum absolute atomic E-state index is 0.778. The van der Waals surface area contributed by atoms with Crippen LogP contribution in [-0.4, -0.2) is 87.2 Å². The van der Waals surface area contributed by atoms with Crippen molar-refractivity contribution in [1.82, 2.24) is 20.0 Å². The van der Waals surface area contributed by atoms with E-state index < -0.39 is 0 Å². The van der Waals surface area contributed by atoms with Crippen molar-refractivity contribution in [2.75, 3.05) is 66.5 Å². The molecule has 0 bridgehead atoms. The topological polar surface area (TPSA) is 21.8 Å². The normalized spacial score (nSPS) is 29.1. The third-order valence-corrected chi connectivity index (χ3v) is 5.27. The Morgan fingerprint density at radius 2 is 1.57 bits per heavy atom. The number of rotatable bonds is 7. The quantitative estimate of drug-likeness (QED) is 0.765. The Hall–Kier alpha value is -0.160. The van der Waals surface area contributed by atoms with Crippen LogP contribution in [0.15, 0.2) is 0 Å². The zero-order valence-corrected chi connectivity index (χ0v) is 14.5. The van der Waals surface area contributed by atoms with Gasteiger partial charge in [-0.15, -0.1) is 0 Å². The van der Waals surface area contributed by atoms with Crippen LogP contribution in [0.1, 0.15) is 32.6 Å². The van der Waals surface area contributed by atoms with Gasteiger partial charge in [0.2, 0.25) is 0 Å². The van der Waals surface area contributed by atoms with E-state index in [4.69, 9.17) is 0 Å². The highest BCUT2D eigenvalue weighted by Gasteiger charge is 2.21. The van der Waals surface area contributed by atoms with Crippen molar-refractivity contribution in [3.8, 4) is 0 Å². The van der Waals surface area contributed by atoms with E-state index >= 15 is 0 Å². The van der Waals surface area contributed by atoms with E-state index in [0.717, 1.165) is 12.0 Å². The second-order valence-electron chi connectivity index (χ2n) is 7.31. The molecule has 2 atom stereocenters. The smallest absolute Gasteiger partial charge is 0.0110 e. The summed E-state index contributed by atoms with van der Waals surface area (Å²) in [6.45, 7) is 12.2. The van der Waals surface area contributed by atoms with Crippen molar-refractivity contribution in [1.29, 1.82) is 0 Å². The zero-order chi connectivity index (χ0) is 15.1. The maximum atomic E-state index is 3.81. The van der Waals surface area contributed by atoms with Gasteiger partial charge >= 0.3 is 0 Å². The Morgan fingerprint density at radius 1 is 0.952 bits per heavy atom. The Kier molecular flexibility index (Phi) is 7.44. The highest BCUT2D eigenvalue weighted by molar-refractivity contribution is 4.79. The molecule has 0 aromatic rings. The SMILES string of the molecule is CC1CCCCC1NCCN1CCN(CCN(C)C)CC1. The van der Waals surface area contributed by atoms with Crippen molar-refractivity contribution in [2.24, 2.45) is 5.92 Å². The van der Waals surface area contributed by atoms with Gasteiger partial charge in [0.15, 0.2) is 0 Å². The second kappa shape index (κ2) is 9.09. The van der Waals surface area contributed by atoms with E-state index in [1.165, 1.54) is 78.0 Å². The van der Waals surface area contributed by atoms with Crippen molar-refractivity contribution < 1.29 is 0 Å². The Balaban J connectivity index is 1.54. The second-order valence-corrected chi connectivity index (χ2v) is 7.31. The zero-order valence-electron chi connectivity index (χ0n) is 14.5. The molecule has 1 saturated carbocycles. The summed E-state index contributed by atoms with van der Waals surface area (Å²) in [5.74, 6) is 0.877. The van der Waals surface area contributed by atoms with Crippen LogP contribution in [0.5, 0.6) is 0 Å². The van der Waals surface area contributed by atoms with Crippen LogP contribution >= 0.6 is 0 Å². The summed E-state index contributed by atoms with van der Waals surface area (Å²) in [6, 6.07) is 0.778. The summed E-state index contributed by atoms with van der Waals surface area (Å²) in [4.78, 5) is 7.52. The van der Waals surface area contributed by atoms with Crippen LogP contribution in [-0.2, 0) is 0 Å². The van der Waals surface area contributed by atoms with Crippen molar-refractivity contribution in [3.05, 3.63) is 0 Å². The highest BCUT2D eigenvalue weighted by atomic mass is 15.3. The molecule has 21 heavy (non-hydrogen) atoms. The summed E-state index contributed by atoms with van der Waals surface area (Å²) < 4.78 is 0. The molecule has 0 aromatic heterocycles. The van der Waals surface area contributed by atoms with Gasteiger partial charge in [-0.2, -0.15) is 0 Å². The van der Waals surface area contributed by atoms with Crippen LogP contribution in [0.2, 0.25) is 0 Å². The molecule has 0 amide bonds. The molecule has 1 heterocycles. The van der Waals surface area contributed by atoms with Gasteiger partial charge in [-0.3, -0.25) is 9.80 Å². The Bertz CT molecular complexity index is 274. The van der Waals surface area contributed by atoms with Gasteiger partial charge in [-0.25, -0.2) is 0 Å². The third-order valence-electron chi connectivity index (χ3n) is 5.27. The minimum atomic E-state index is 0.778. The fourth-order valence-electron chi connectivity index (χ4n) is 3.61. The number of piperazine rings is 1. The summed E-state index contributed by atoms with van der Waals surface area (Å²) >= 11 is 0. The van der Waals surface area contributed by atoms with Crippen LogP contribution in [0.25, 0.3) is 0 Å². The summed E-state index contributed by atoms with van der Waals surface area (Å²) in [5.41, 5.74) is 0. The Morgan fingerprint density at radius 3 is 2.19 bits per heavy atom. The minimum Gasteiger partial charge on any atom is -0.312 e. The van der Waals surface area contributed by atoms with E-state index in [2.05, 4.69) is 41.0 Å². The molecule has 0 aromatic carbocycles. The lowest BCUT2D eigenvalue weighted by atomic mass is 9.86. The molecule has 124 valence electrons. The van der Waals surface area contributed by atoms with E-state index in [9.17, 15) is 0 Å². The van der Waals surface area contributed by atoms with Crippen molar-refractivity contribution >= 4 is 0 Å². The molecular weight excluding hydrogens is 260 g/mol. The molecule has 1 aliphatic carbocycles. The molecule has 2 rings (SSSR count). The van der Waals surface area contributed by atoms with Crippen LogP contribution in [0.4, 0.5) is 0 Å². The maximum absolute atomic E-state index is 3.81. The number of nitrogens with zero attached hydrogens (tertiary/aromatic N) is 3. The predicted molar refractivity (Wildman–Crippen MR) is 90.9 cm³/mol. The van der Waals surface area contributed by atoms with Gasteiger partial charge in [0.05, 0.1) is 0 Å². The standard InChI is InChI=1S/C17H36N4/c1-16-6-4-5-7-17(16)18-8-9-20-12-14-21(15-13-20)11-10-19(2)3/h16-18H,4-15H2,1-3H3. The number of hydrogen-bond acceptors (Lipinski definition) is 4. The molecule has 1 saturated heterocycles. The molecular formula is C17H36N4. The predicted octanol–water partition coefficient (Wildman–Crippen LogP) is 1.33. The van der Waals surface area contributed by atoms with E-state index in [0.29, 0.717) is 0 Å². The average molecular weight is 297 g/mol. The first-order chi connectivity index (χ1) is 10.1. The number of hydrogen-bond donors (Lipinski definition) is 1. The first-order valence-corrected chi connectivity index (χ1v) is 8.98. The van der Waals surface area contributed by atoms with Gasteiger partial charge in [0.1, 0.15) is 0 Å². The lowest BCUT2D eigenvalue weighted by Gasteiger charge is -2.36. The van der Waals surface area contributed by atoms with Crippen molar-refractivity contribution in [2.45, 2.75) is 38.6 Å². The molecule has 2 fully saturated rings. The van der Waals surface area contributed by atoms with Gasteiger partial charge in [-0.1, -0.05) is 19.8 Å². The molecule has 0 spiro atoms. The first-order valence-electron chi connectivity index (χ1n) is 8.98. The first kappa shape index (κ1) is 17.2. The molecule has 2 aliphatic rings. The molecule has 2 unspecified atom stereocenters. The molecule has 0 radical (unpaired) electrons. The lowest BCUT2D eigenvalue weighted by Crippen LogP contribution is -2.50. The number of nitrogens with one attached hydrogen (secondary N) is 1. The van der Waals surface area contributed by atoms with Crippen LogP contribution in [0, 0.1) is 5.92 Å². The summed E-state index contributed by atoms with van der Waals surface area (Å²) in [6.07, 6.45) is 5.67. The maximum Gasteiger partial charge on any atom is 0.0110 e. The summed E-state index contributed by atoms with van der Waals surface area (Å²) in [7, 11) is 4.32. The monoisotopic (exact) mass is 296 g/mol. The van der Waals surface area contributed by atoms with Crippen molar-refractivity contribution in [3.63, 3.8) is 0 Å². The molecule has 1 aliphatic heterocycles. The van der Waals surface area contributed by atoms with Gasteiger partial charge in [-0.05, 0) is 32.9 Å². The lowest BCUT2D eigenvalue weighted by molar-refractivity contribution is 0.123. The van der Waals surface area contributed by atoms with Crippen LogP contribution in [0.3, 0.4) is 0 Å². The fourth-order valence-corrected chi connectivity index (χ4v) is 3.61. The molecule has 4 heteroatoms. The fraction of sp³-hybridized carbons (Fsp3) is 1.00. The van der Waals surface area contributed by atoms with Gasteiger partial charge in [0, 0.05) is 58.4 Å². The largest absolute Gasteiger partial charge is 0.312 e. The molecule has 4 nitrogen and oxygen atoms in total. The highest BCUT2D eigenvalue weighted by Crippen LogP contribution is 2.23. The van der Waals surface area contributed by atoms with E-state index in [-0.39, 0.29) is 0 Å². The molecule has 1 N–H and O–H groups in total. The average Bonchev–Trinajstić information content (AvgIpc) is 2.48. The third kappa shape index (κ3) is 6.23.